The van der Waals surface area contributed by atoms with Crippen LogP contribution < -0.4 is 24.4 Å². The van der Waals surface area contributed by atoms with Crippen molar-refractivity contribution in [2.24, 2.45) is 4.99 Å². The Morgan fingerprint density at radius 1 is 1.30 bits per heavy atom. The number of allylic oxidation sites excluding steroid dienone is 1. The Morgan fingerprint density at radius 3 is 2.90 bits per heavy atom. The second-order valence-electron chi connectivity index (χ2n) is 6.70. The van der Waals surface area contributed by atoms with E-state index >= 15 is 0 Å². The molecule has 0 radical (unpaired) electrons. The Morgan fingerprint density at radius 2 is 2.13 bits per heavy atom. The van der Waals surface area contributed by atoms with E-state index in [4.69, 9.17) is 14.2 Å². The molecule has 0 N–H and O–H groups in total. The summed E-state index contributed by atoms with van der Waals surface area (Å²) >= 11 is 2.77. The van der Waals surface area contributed by atoms with Gasteiger partial charge in [-0.15, -0.1) is 11.3 Å². The molecular formula is C21H16N2O5S2. The van der Waals surface area contributed by atoms with Gasteiger partial charge in [0.2, 0.25) is 6.79 Å². The molecular weight excluding hydrogens is 424 g/mol. The third-order valence-electron chi connectivity index (χ3n) is 4.93. The number of carbonyl (C=O) groups is 1. The smallest absolute Gasteiger partial charge is 0.338 e. The molecule has 0 saturated heterocycles. The first-order chi connectivity index (χ1) is 14.6. The molecule has 1 atom stereocenters. The number of hydrogen-bond acceptors (Lipinski definition) is 8. The first kappa shape index (κ1) is 18.8. The Kier molecular flexibility index (Phi) is 4.56. The van der Waals surface area contributed by atoms with Gasteiger partial charge >= 0.3 is 5.97 Å². The van der Waals surface area contributed by atoms with Gasteiger partial charge in [-0.3, -0.25) is 9.36 Å². The average Bonchev–Trinajstić information content (AvgIpc) is 3.48. The standard InChI is InChI=1S/C21H16N2O5S2/c1-11-17(20(25)26-2)18(15-4-3-7-29-15)23-19(24)16(30-21(23)22-11)9-12-5-6-13-14(8-12)28-10-27-13/h3-9,18H,10H2,1-2H3. The third kappa shape index (κ3) is 2.98. The van der Waals surface area contributed by atoms with E-state index in [9.17, 15) is 9.59 Å². The zero-order valence-corrected chi connectivity index (χ0v) is 17.7. The molecule has 0 bridgehead atoms. The SMILES string of the molecule is COC(=O)C1=C(C)N=c2sc(=Cc3ccc4c(c3)OCO4)c(=O)n2C1c1cccs1. The number of methoxy groups -OCH3 is 1. The highest BCUT2D eigenvalue weighted by Gasteiger charge is 2.33. The van der Waals surface area contributed by atoms with E-state index in [1.54, 1.807) is 17.6 Å². The summed E-state index contributed by atoms with van der Waals surface area (Å²) < 4.78 is 17.9. The van der Waals surface area contributed by atoms with Crippen LogP contribution in [0.2, 0.25) is 0 Å². The number of thiophene rings is 1. The molecule has 1 unspecified atom stereocenters. The highest BCUT2D eigenvalue weighted by Crippen LogP contribution is 2.34. The van der Waals surface area contributed by atoms with Crippen molar-refractivity contribution in [2.75, 3.05) is 13.9 Å². The van der Waals surface area contributed by atoms with Gasteiger partial charge in [-0.25, -0.2) is 9.79 Å². The van der Waals surface area contributed by atoms with Gasteiger partial charge in [-0.1, -0.05) is 23.5 Å². The molecule has 0 spiro atoms. The maximum absolute atomic E-state index is 13.4. The molecule has 152 valence electrons. The lowest BCUT2D eigenvalue weighted by Gasteiger charge is -2.22. The molecule has 9 heteroatoms. The van der Waals surface area contributed by atoms with E-state index in [0.717, 1.165) is 10.4 Å². The Balaban J connectivity index is 1.70. The minimum Gasteiger partial charge on any atom is -0.466 e. The van der Waals surface area contributed by atoms with Crippen LogP contribution in [0.15, 0.2) is 56.8 Å². The molecule has 2 aliphatic heterocycles. The monoisotopic (exact) mass is 440 g/mol. The molecule has 0 saturated carbocycles. The van der Waals surface area contributed by atoms with Crippen molar-refractivity contribution < 1.29 is 19.0 Å². The molecule has 0 aliphatic carbocycles. The summed E-state index contributed by atoms with van der Waals surface area (Å²) in [4.78, 5) is 31.9. The molecule has 0 fully saturated rings. The van der Waals surface area contributed by atoms with Gasteiger partial charge in [0, 0.05) is 4.88 Å². The Labute approximate surface area is 178 Å². The van der Waals surface area contributed by atoms with E-state index in [-0.39, 0.29) is 12.4 Å². The minimum absolute atomic E-state index is 0.192. The van der Waals surface area contributed by atoms with Gasteiger partial charge in [0.1, 0.15) is 6.04 Å². The normalized spacial score (nSPS) is 17.7. The van der Waals surface area contributed by atoms with E-state index in [2.05, 4.69) is 4.99 Å². The van der Waals surface area contributed by atoms with Gasteiger partial charge in [0.05, 0.1) is 22.9 Å². The van der Waals surface area contributed by atoms with E-state index in [1.807, 2.05) is 35.7 Å². The molecule has 2 aromatic heterocycles. The van der Waals surface area contributed by atoms with E-state index in [0.29, 0.717) is 32.1 Å². The summed E-state index contributed by atoms with van der Waals surface area (Å²) in [6, 6.07) is 8.76. The quantitative estimate of drug-likeness (QED) is 0.584. The molecule has 2 aliphatic rings. The molecule has 1 aromatic carbocycles. The Hall–Kier alpha value is -3.17. The summed E-state index contributed by atoms with van der Waals surface area (Å²) in [5, 5.41) is 1.92. The van der Waals surface area contributed by atoms with Gasteiger partial charge in [-0.2, -0.15) is 0 Å². The van der Waals surface area contributed by atoms with Crippen molar-refractivity contribution >= 4 is 34.7 Å². The first-order valence-corrected chi connectivity index (χ1v) is 10.8. The van der Waals surface area contributed by atoms with Crippen LogP contribution in [0, 0.1) is 0 Å². The van der Waals surface area contributed by atoms with Crippen LogP contribution in [-0.2, 0) is 9.53 Å². The van der Waals surface area contributed by atoms with E-state index < -0.39 is 12.0 Å². The maximum atomic E-state index is 13.4. The van der Waals surface area contributed by atoms with Crippen LogP contribution in [0.1, 0.15) is 23.4 Å². The zero-order chi connectivity index (χ0) is 20.8. The number of fused-ring (bicyclic) bond motifs is 2. The second kappa shape index (κ2) is 7.26. The molecule has 7 nitrogen and oxygen atoms in total. The molecule has 4 heterocycles. The number of carbonyl (C=O) groups excluding carboxylic acids is 1. The summed E-state index contributed by atoms with van der Waals surface area (Å²) in [6.07, 6.45) is 1.80. The van der Waals surface area contributed by atoms with Crippen LogP contribution in [-0.4, -0.2) is 24.4 Å². The first-order valence-electron chi connectivity index (χ1n) is 9.10. The lowest BCUT2D eigenvalue weighted by atomic mass is 10.0. The van der Waals surface area contributed by atoms with Crippen LogP contribution in [0.3, 0.4) is 0 Å². The third-order valence-corrected chi connectivity index (χ3v) is 6.84. The topological polar surface area (TPSA) is 79.1 Å². The van der Waals surface area contributed by atoms with Crippen molar-refractivity contribution in [3.8, 4) is 11.5 Å². The van der Waals surface area contributed by atoms with Crippen molar-refractivity contribution in [3.63, 3.8) is 0 Å². The Bertz CT molecular complexity index is 1370. The summed E-state index contributed by atoms with van der Waals surface area (Å²) in [5.74, 6) is 0.848. The largest absolute Gasteiger partial charge is 0.466 e. The van der Waals surface area contributed by atoms with Crippen LogP contribution in [0.5, 0.6) is 11.5 Å². The fraction of sp³-hybridized carbons (Fsp3) is 0.190. The maximum Gasteiger partial charge on any atom is 0.338 e. The van der Waals surface area contributed by atoms with Crippen LogP contribution in [0.25, 0.3) is 6.08 Å². The lowest BCUT2D eigenvalue weighted by Crippen LogP contribution is -2.39. The number of hydrogen-bond donors (Lipinski definition) is 0. The second-order valence-corrected chi connectivity index (χ2v) is 8.69. The number of aromatic nitrogens is 1. The molecule has 5 rings (SSSR count). The highest BCUT2D eigenvalue weighted by atomic mass is 32.1. The lowest BCUT2D eigenvalue weighted by molar-refractivity contribution is -0.136. The van der Waals surface area contributed by atoms with Crippen LogP contribution in [0.4, 0.5) is 0 Å². The van der Waals surface area contributed by atoms with Crippen molar-refractivity contribution in [3.05, 3.63) is 77.1 Å². The minimum atomic E-state index is -0.562. The van der Waals surface area contributed by atoms with Gasteiger partial charge < -0.3 is 14.2 Å². The number of thiazole rings is 1. The number of esters is 1. The fourth-order valence-corrected chi connectivity index (χ4v) is 5.43. The summed E-state index contributed by atoms with van der Waals surface area (Å²) in [5.41, 5.74) is 1.54. The molecule has 3 aromatic rings. The van der Waals surface area contributed by atoms with Crippen molar-refractivity contribution in [1.82, 2.24) is 4.57 Å². The molecule has 30 heavy (non-hydrogen) atoms. The zero-order valence-electron chi connectivity index (χ0n) is 16.1. The predicted molar refractivity (Wildman–Crippen MR) is 113 cm³/mol. The van der Waals surface area contributed by atoms with Gasteiger partial charge in [-0.05, 0) is 42.1 Å². The van der Waals surface area contributed by atoms with Crippen molar-refractivity contribution in [2.45, 2.75) is 13.0 Å². The summed E-state index contributed by atoms with van der Waals surface area (Å²) in [7, 11) is 1.33. The van der Waals surface area contributed by atoms with E-state index in [1.165, 1.54) is 29.8 Å². The van der Waals surface area contributed by atoms with Gasteiger partial charge in [0.25, 0.3) is 5.56 Å². The number of nitrogens with zero attached hydrogens (tertiary/aromatic N) is 2. The fourth-order valence-electron chi connectivity index (χ4n) is 3.56. The van der Waals surface area contributed by atoms with Crippen molar-refractivity contribution in [1.29, 1.82) is 0 Å². The van der Waals surface area contributed by atoms with Gasteiger partial charge in [0.15, 0.2) is 16.3 Å². The number of rotatable bonds is 3. The summed E-state index contributed by atoms with van der Waals surface area (Å²) in [6.45, 7) is 1.96. The predicted octanol–water partition coefficient (Wildman–Crippen LogP) is 2.20. The number of ether oxygens (including phenoxy) is 3. The van der Waals surface area contributed by atoms with Crippen LogP contribution >= 0.6 is 22.7 Å². The highest BCUT2D eigenvalue weighted by molar-refractivity contribution is 7.10. The average molecular weight is 441 g/mol. The molecule has 0 amide bonds. The number of benzene rings is 1.